The van der Waals surface area contributed by atoms with Gasteiger partial charge in [-0.3, -0.25) is 0 Å². The molecule has 0 atom stereocenters. The molecule has 1 rings (SSSR count). The van der Waals surface area contributed by atoms with Gasteiger partial charge in [-0.1, -0.05) is 32.9 Å². The molecule has 0 N–H and O–H groups in total. The molecule has 0 aromatic heterocycles. The Hall–Kier alpha value is -1.49. The molecule has 0 aliphatic heterocycles. The molecule has 0 aliphatic carbocycles. The summed E-state index contributed by atoms with van der Waals surface area (Å²) < 4.78 is 0. The molecule has 0 heterocycles. The Morgan fingerprint density at radius 2 is 1.67 bits per heavy atom. The largest absolute Gasteiger partial charge is 0.313 e. The zero-order valence-electron chi connectivity index (χ0n) is 12.5. The predicted octanol–water partition coefficient (Wildman–Crippen LogP) is 3.56. The standard InChI is InChI=1S/C16H24N2/c1-12-9-14(16(3,4)5)10-13(2)15(12)7-8-18(6)11-17/h9-10H,7-8H2,1-6H3. The van der Waals surface area contributed by atoms with E-state index < -0.39 is 0 Å². The highest BCUT2D eigenvalue weighted by molar-refractivity contribution is 5.40. The van der Waals surface area contributed by atoms with Gasteiger partial charge in [0.15, 0.2) is 6.19 Å². The molecule has 1 aromatic rings. The summed E-state index contributed by atoms with van der Waals surface area (Å²) in [5.41, 5.74) is 5.63. The van der Waals surface area contributed by atoms with E-state index in [1.807, 2.05) is 7.05 Å². The Kier molecular flexibility index (Phi) is 4.40. The van der Waals surface area contributed by atoms with Gasteiger partial charge in [0.2, 0.25) is 0 Å². The summed E-state index contributed by atoms with van der Waals surface area (Å²) in [4.78, 5) is 1.68. The first-order chi connectivity index (χ1) is 8.25. The highest BCUT2D eigenvalue weighted by Crippen LogP contribution is 2.27. The first-order valence-electron chi connectivity index (χ1n) is 6.47. The lowest BCUT2D eigenvalue weighted by Crippen LogP contribution is -2.17. The summed E-state index contributed by atoms with van der Waals surface area (Å²) in [6, 6.07) is 4.57. The third-order valence-corrected chi connectivity index (χ3v) is 3.43. The molecule has 1 aromatic carbocycles. The fraction of sp³-hybridized carbons (Fsp3) is 0.562. The lowest BCUT2D eigenvalue weighted by Gasteiger charge is -2.22. The molecule has 0 aliphatic rings. The predicted molar refractivity (Wildman–Crippen MR) is 76.6 cm³/mol. The summed E-state index contributed by atoms with van der Waals surface area (Å²) in [7, 11) is 1.83. The number of hydrogen-bond acceptors (Lipinski definition) is 2. The summed E-state index contributed by atoms with van der Waals surface area (Å²) in [5, 5.41) is 8.78. The van der Waals surface area contributed by atoms with Crippen molar-refractivity contribution < 1.29 is 0 Å². The van der Waals surface area contributed by atoms with Gasteiger partial charge >= 0.3 is 0 Å². The van der Waals surface area contributed by atoms with Crippen molar-refractivity contribution in [3.63, 3.8) is 0 Å². The second kappa shape index (κ2) is 5.44. The van der Waals surface area contributed by atoms with Gasteiger partial charge in [0.05, 0.1) is 0 Å². The highest BCUT2D eigenvalue weighted by atomic mass is 15.1. The van der Waals surface area contributed by atoms with Crippen LogP contribution >= 0.6 is 0 Å². The molecule has 0 unspecified atom stereocenters. The number of hydrogen-bond donors (Lipinski definition) is 0. The van der Waals surface area contributed by atoms with Crippen molar-refractivity contribution in [3.8, 4) is 6.19 Å². The fourth-order valence-corrected chi connectivity index (χ4v) is 2.15. The maximum Gasteiger partial charge on any atom is 0.179 e. The van der Waals surface area contributed by atoms with E-state index in [4.69, 9.17) is 5.26 Å². The molecule has 0 spiro atoms. The van der Waals surface area contributed by atoms with Gasteiger partial charge in [-0.25, -0.2) is 0 Å². The first kappa shape index (κ1) is 14.6. The molecule has 0 fully saturated rings. The van der Waals surface area contributed by atoms with E-state index in [2.05, 4.69) is 52.9 Å². The van der Waals surface area contributed by atoms with Crippen molar-refractivity contribution in [3.05, 3.63) is 34.4 Å². The van der Waals surface area contributed by atoms with Gasteiger partial charge in [-0.15, -0.1) is 0 Å². The third kappa shape index (κ3) is 3.50. The quantitative estimate of drug-likeness (QED) is 0.600. The van der Waals surface area contributed by atoms with Crippen LogP contribution in [-0.2, 0) is 11.8 Å². The number of aryl methyl sites for hydroxylation is 2. The van der Waals surface area contributed by atoms with Crippen molar-refractivity contribution in [2.24, 2.45) is 0 Å². The minimum Gasteiger partial charge on any atom is -0.313 e. The average molecular weight is 244 g/mol. The number of nitrogens with zero attached hydrogens (tertiary/aromatic N) is 2. The summed E-state index contributed by atoms with van der Waals surface area (Å²) >= 11 is 0. The number of nitriles is 1. The number of rotatable bonds is 3. The van der Waals surface area contributed by atoms with Crippen molar-refractivity contribution in [1.29, 1.82) is 5.26 Å². The smallest absolute Gasteiger partial charge is 0.179 e. The van der Waals surface area contributed by atoms with E-state index >= 15 is 0 Å². The SMILES string of the molecule is Cc1cc(C(C)(C)C)cc(C)c1CCN(C)C#N. The first-order valence-corrected chi connectivity index (χ1v) is 6.47. The third-order valence-electron chi connectivity index (χ3n) is 3.43. The number of benzene rings is 1. The highest BCUT2D eigenvalue weighted by Gasteiger charge is 2.16. The molecule has 18 heavy (non-hydrogen) atoms. The molecular formula is C16H24N2. The van der Waals surface area contributed by atoms with E-state index in [0.717, 1.165) is 13.0 Å². The summed E-state index contributed by atoms with van der Waals surface area (Å²) in [6.45, 7) is 11.8. The second-order valence-corrected chi connectivity index (χ2v) is 6.11. The van der Waals surface area contributed by atoms with Crippen LogP contribution in [0.25, 0.3) is 0 Å². The van der Waals surface area contributed by atoms with Crippen LogP contribution in [0.4, 0.5) is 0 Å². The van der Waals surface area contributed by atoms with Crippen LogP contribution in [0.1, 0.15) is 43.0 Å². The van der Waals surface area contributed by atoms with E-state index in [1.54, 1.807) is 4.90 Å². The minimum atomic E-state index is 0.192. The molecule has 0 saturated carbocycles. The zero-order valence-corrected chi connectivity index (χ0v) is 12.5. The van der Waals surface area contributed by atoms with Gasteiger partial charge in [-0.2, -0.15) is 5.26 Å². The Balaban J connectivity index is 2.99. The molecule has 98 valence electrons. The monoisotopic (exact) mass is 244 g/mol. The Morgan fingerprint density at radius 3 is 2.06 bits per heavy atom. The maximum atomic E-state index is 8.78. The van der Waals surface area contributed by atoms with Gasteiger partial charge < -0.3 is 4.90 Å². The van der Waals surface area contributed by atoms with Crippen LogP contribution in [0, 0.1) is 25.3 Å². The molecule has 0 radical (unpaired) electrons. The molecule has 2 nitrogen and oxygen atoms in total. The van der Waals surface area contributed by atoms with E-state index in [0.29, 0.717) is 0 Å². The molecule has 0 bridgehead atoms. The van der Waals surface area contributed by atoms with Crippen LogP contribution in [0.15, 0.2) is 12.1 Å². The van der Waals surface area contributed by atoms with Gasteiger partial charge in [-0.05, 0) is 47.9 Å². The Labute approximate surface area is 111 Å². The van der Waals surface area contributed by atoms with Crippen molar-refractivity contribution in [2.45, 2.75) is 46.5 Å². The van der Waals surface area contributed by atoms with Crippen LogP contribution in [0.2, 0.25) is 0 Å². The van der Waals surface area contributed by atoms with E-state index in [1.165, 1.54) is 22.3 Å². The normalized spacial score (nSPS) is 11.2. The van der Waals surface area contributed by atoms with Crippen molar-refractivity contribution in [1.82, 2.24) is 4.90 Å². The minimum absolute atomic E-state index is 0.192. The van der Waals surface area contributed by atoms with Crippen molar-refractivity contribution in [2.75, 3.05) is 13.6 Å². The molecule has 2 heteroatoms. The lowest BCUT2D eigenvalue weighted by atomic mass is 9.83. The molecule has 0 amide bonds. The molecular weight excluding hydrogens is 220 g/mol. The van der Waals surface area contributed by atoms with E-state index in [-0.39, 0.29) is 5.41 Å². The fourth-order valence-electron chi connectivity index (χ4n) is 2.15. The lowest BCUT2D eigenvalue weighted by molar-refractivity contribution is 0.477. The van der Waals surface area contributed by atoms with Crippen LogP contribution in [-0.4, -0.2) is 18.5 Å². The Morgan fingerprint density at radius 1 is 1.17 bits per heavy atom. The van der Waals surface area contributed by atoms with Crippen LogP contribution in [0.5, 0.6) is 0 Å². The number of likely N-dealkylation sites (N-methyl/N-ethyl adjacent to an activating group) is 1. The second-order valence-electron chi connectivity index (χ2n) is 6.11. The van der Waals surface area contributed by atoms with Crippen LogP contribution in [0.3, 0.4) is 0 Å². The van der Waals surface area contributed by atoms with Gasteiger partial charge in [0.1, 0.15) is 0 Å². The molecule has 0 saturated heterocycles. The van der Waals surface area contributed by atoms with Crippen molar-refractivity contribution >= 4 is 0 Å². The van der Waals surface area contributed by atoms with E-state index in [9.17, 15) is 0 Å². The Bertz CT molecular complexity index is 438. The van der Waals surface area contributed by atoms with Crippen LogP contribution < -0.4 is 0 Å². The topological polar surface area (TPSA) is 27.0 Å². The summed E-state index contributed by atoms with van der Waals surface area (Å²) in [6.07, 6.45) is 3.08. The maximum absolute atomic E-state index is 8.78. The van der Waals surface area contributed by atoms with Gasteiger partial charge in [0, 0.05) is 13.6 Å². The average Bonchev–Trinajstić information content (AvgIpc) is 2.26. The zero-order chi connectivity index (χ0) is 13.9. The summed E-state index contributed by atoms with van der Waals surface area (Å²) in [5.74, 6) is 0. The van der Waals surface area contributed by atoms with Gasteiger partial charge in [0.25, 0.3) is 0 Å².